The Balaban J connectivity index is 1.60. The zero-order valence-corrected chi connectivity index (χ0v) is 17.3. The summed E-state index contributed by atoms with van der Waals surface area (Å²) in [5.41, 5.74) is 0.928. The van der Waals surface area contributed by atoms with Crippen molar-refractivity contribution in [1.29, 1.82) is 0 Å². The molecule has 2 aromatic rings. The number of halogens is 2. The molecule has 1 N–H and O–H groups in total. The molecule has 0 aromatic heterocycles. The molecule has 0 bridgehead atoms. The lowest BCUT2D eigenvalue weighted by atomic mass is 10.1. The summed E-state index contributed by atoms with van der Waals surface area (Å²) in [5.74, 6) is -0.355. The summed E-state index contributed by atoms with van der Waals surface area (Å²) in [4.78, 5) is 12.5. The van der Waals surface area contributed by atoms with Crippen LogP contribution >= 0.6 is 23.2 Å². The van der Waals surface area contributed by atoms with E-state index in [1.165, 1.54) is 16.4 Å². The third kappa shape index (κ3) is 4.85. The van der Waals surface area contributed by atoms with E-state index in [1.54, 1.807) is 18.2 Å². The molecule has 0 aliphatic carbocycles. The van der Waals surface area contributed by atoms with E-state index in [0.29, 0.717) is 18.0 Å². The first-order valence-corrected chi connectivity index (χ1v) is 11.0. The monoisotopic (exact) mass is 442 g/mol. The predicted molar refractivity (Wildman–Crippen MR) is 108 cm³/mol. The van der Waals surface area contributed by atoms with Crippen LogP contribution in [0, 0.1) is 0 Å². The average molecular weight is 443 g/mol. The van der Waals surface area contributed by atoms with Crippen molar-refractivity contribution < 1.29 is 17.9 Å². The molecule has 6 nitrogen and oxygen atoms in total. The number of carbonyl (C=O) groups excluding carboxylic acids is 1. The molecule has 0 unspecified atom stereocenters. The van der Waals surface area contributed by atoms with Crippen LogP contribution in [-0.2, 0) is 26.0 Å². The van der Waals surface area contributed by atoms with E-state index in [2.05, 4.69) is 5.32 Å². The van der Waals surface area contributed by atoms with Gasteiger partial charge >= 0.3 is 0 Å². The lowest BCUT2D eigenvalue weighted by molar-refractivity contribution is -0.136. The third-order valence-corrected chi connectivity index (χ3v) is 7.16. The van der Waals surface area contributed by atoms with Gasteiger partial charge in [-0.3, -0.25) is 4.79 Å². The first-order valence-electron chi connectivity index (χ1n) is 8.77. The van der Waals surface area contributed by atoms with Crippen molar-refractivity contribution in [1.82, 2.24) is 9.62 Å². The van der Waals surface area contributed by atoms with Gasteiger partial charge in [-0.25, -0.2) is 8.42 Å². The Morgan fingerprint density at radius 3 is 2.50 bits per heavy atom. The second-order valence-electron chi connectivity index (χ2n) is 6.29. The summed E-state index contributed by atoms with van der Waals surface area (Å²) in [7, 11) is -3.80. The number of benzene rings is 2. The fourth-order valence-corrected chi connectivity index (χ4v) is 5.08. The highest BCUT2D eigenvalue weighted by Gasteiger charge is 2.34. The molecular weight excluding hydrogens is 423 g/mol. The number of nitrogens with one attached hydrogen (secondary N) is 1. The van der Waals surface area contributed by atoms with Crippen LogP contribution in [0.4, 0.5) is 0 Å². The summed E-state index contributed by atoms with van der Waals surface area (Å²) in [6.45, 7) is 0.606. The molecule has 1 aliphatic rings. The zero-order chi connectivity index (χ0) is 20.1. The molecule has 1 saturated heterocycles. The third-order valence-electron chi connectivity index (χ3n) is 4.43. The molecule has 0 saturated carbocycles. The lowest BCUT2D eigenvalue weighted by Gasteiger charge is -2.31. The first-order chi connectivity index (χ1) is 13.4. The van der Waals surface area contributed by atoms with Gasteiger partial charge in [0.1, 0.15) is 11.0 Å². The maximum Gasteiger partial charge on any atom is 0.250 e. The van der Waals surface area contributed by atoms with Crippen molar-refractivity contribution in [2.24, 2.45) is 0 Å². The molecule has 2 aromatic carbocycles. The van der Waals surface area contributed by atoms with E-state index in [0.717, 1.165) is 5.56 Å². The van der Waals surface area contributed by atoms with Crippen molar-refractivity contribution in [3.63, 3.8) is 0 Å². The molecule has 1 heterocycles. The van der Waals surface area contributed by atoms with Crippen LogP contribution in [0.5, 0.6) is 0 Å². The number of hydrogen-bond acceptors (Lipinski definition) is 4. The van der Waals surface area contributed by atoms with Crippen LogP contribution in [0.3, 0.4) is 0 Å². The molecule has 9 heteroatoms. The van der Waals surface area contributed by atoms with Gasteiger partial charge in [-0.15, -0.1) is 0 Å². The fourth-order valence-electron chi connectivity index (χ4n) is 2.93. The van der Waals surface area contributed by atoms with Crippen molar-refractivity contribution in [3.8, 4) is 0 Å². The molecule has 1 atom stereocenters. The number of rotatable bonds is 6. The van der Waals surface area contributed by atoms with Gasteiger partial charge in [0.05, 0.1) is 11.6 Å². The van der Waals surface area contributed by atoms with Crippen molar-refractivity contribution in [3.05, 3.63) is 64.1 Å². The molecule has 0 radical (unpaired) electrons. The van der Waals surface area contributed by atoms with E-state index < -0.39 is 16.1 Å². The fraction of sp³-hybridized carbons (Fsp3) is 0.316. The highest BCUT2D eigenvalue weighted by molar-refractivity contribution is 7.89. The van der Waals surface area contributed by atoms with Crippen molar-refractivity contribution >= 4 is 39.1 Å². The SMILES string of the molecule is O=C(NCCc1ccccc1Cl)[C@H]1CN(S(=O)(=O)c2ccccc2Cl)CCO1. The number of amides is 1. The Morgan fingerprint density at radius 2 is 1.79 bits per heavy atom. The Labute approximate surface area is 174 Å². The maximum atomic E-state index is 12.9. The molecule has 28 heavy (non-hydrogen) atoms. The van der Waals surface area contributed by atoms with E-state index in [1.807, 2.05) is 18.2 Å². The molecule has 0 spiro atoms. The van der Waals surface area contributed by atoms with E-state index >= 15 is 0 Å². The van der Waals surface area contributed by atoms with Gasteiger partial charge in [-0.1, -0.05) is 53.5 Å². The van der Waals surface area contributed by atoms with Crippen molar-refractivity contribution in [2.75, 3.05) is 26.2 Å². The molecular formula is C19H20Cl2N2O4S. The molecule has 150 valence electrons. The predicted octanol–water partition coefficient (Wildman–Crippen LogP) is 2.74. The van der Waals surface area contributed by atoms with Crippen LogP contribution < -0.4 is 5.32 Å². The summed E-state index contributed by atoms with van der Waals surface area (Å²) in [6.07, 6.45) is -0.308. The van der Waals surface area contributed by atoms with Crippen LogP contribution in [0.25, 0.3) is 0 Å². The molecule has 1 amide bonds. The number of sulfonamides is 1. The van der Waals surface area contributed by atoms with Gasteiger partial charge in [0.25, 0.3) is 5.91 Å². The normalized spacial score (nSPS) is 18.0. The van der Waals surface area contributed by atoms with E-state index in [-0.39, 0.29) is 35.5 Å². The van der Waals surface area contributed by atoms with Crippen LogP contribution in [0.15, 0.2) is 53.4 Å². The van der Waals surface area contributed by atoms with Crippen molar-refractivity contribution in [2.45, 2.75) is 17.4 Å². The minimum Gasteiger partial charge on any atom is -0.366 e. The molecule has 1 fully saturated rings. The van der Waals surface area contributed by atoms with Crippen LogP contribution in [0.2, 0.25) is 10.0 Å². The largest absolute Gasteiger partial charge is 0.366 e. The summed E-state index contributed by atoms with van der Waals surface area (Å²) >= 11 is 12.1. The van der Waals surface area contributed by atoms with Crippen LogP contribution in [0.1, 0.15) is 5.56 Å². The van der Waals surface area contributed by atoms with Gasteiger partial charge in [0.15, 0.2) is 0 Å². The Morgan fingerprint density at radius 1 is 1.11 bits per heavy atom. The molecule has 1 aliphatic heterocycles. The van der Waals surface area contributed by atoms with Gasteiger partial charge in [0.2, 0.25) is 10.0 Å². The topological polar surface area (TPSA) is 75.7 Å². The summed E-state index contributed by atoms with van der Waals surface area (Å²) in [6, 6.07) is 13.6. The highest BCUT2D eigenvalue weighted by Crippen LogP contribution is 2.25. The second kappa shape index (κ2) is 9.24. The Hall–Kier alpha value is -1.64. The average Bonchev–Trinajstić information content (AvgIpc) is 2.69. The second-order valence-corrected chi connectivity index (χ2v) is 9.01. The number of ether oxygens (including phenoxy) is 1. The number of nitrogens with zero attached hydrogens (tertiary/aromatic N) is 1. The lowest BCUT2D eigenvalue weighted by Crippen LogP contribution is -2.51. The maximum absolute atomic E-state index is 12.9. The minimum atomic E-state index is -3.80. The smallest absolute Gasteiger partial charge is 0.250 e. The quantitative estimate of drug-likeness (QED) is 0.745. The van der Waals surface area contributed by atoms with Gasteiger partial charge < -0.3 is 10.1 Å². The van der Waals surface area contributed by atoms with Gasteiger partial charge in [0, 0.05) is 24.7 Å². The Kier molecular flexibility index (Phi) is 6.95. The minimum absolute atomic E-state index is 0.0245. The first kappa shape index (κ1) is 21.1. The number of carbonyl (C=O) groups is 1. The van der Waals surface area contributed by atoms with Gasteiger partial charge in [-0.2, -0.15) is 4.31 Å². The van der Waals surface area contributed by atoms with E-state index in [4.69, 9.17) is 27.9 Å². The Bertz CT molecular complexity index is 952. The standard InChI is InChI=1S/C19H20Cl2N2O4S/c20-15-6-2-1-5-14(15)9-10-22-19(24)17-13-23(11-12-27-17)28(25,26)18-8-4-3-7-16(18)21/h1-8,17H,9-13H2,(H,22,24)/t17-/m1/s1. The summed E-state index contributed by atoms with van der Waals surface area (Å²) < 4.78 is 32.4. The van der Waals surface area contributed by atoms with Gasteiger partial charge in [-0.05, 0) is 30.2 Å². The van der Waals surface area contributed by atoms with Crippen LogP contribution in [-0.4, -0.2) is 51.0 Å². The number of morpholine rings is 1. The zero-order valence-electron chi connectivity index (χ0n) is 15.0. The summed E-state index contributed by atoms with van der Waals surface area (Å²) in [5, 5.41) is 3.57. The highest BCUT2D eigenvalue weighted by atomic mass is 35.5. The number of hydrogen-bond donors (Lipinski definition) is 1. The van der Waals surface area contributed by atoms with E-state index in [9.17, 15) is 13.2 Å². The molecule has 3 rings (SSSR count).